The van der Waals surface area contributed by atoms with Crippen LogP contribution in [-0.2, 0) is 0 Å². The Morgan fingerprint density at radius 1 is 0.706 bits per heavy atom. The molecule has 17 heavy (non-hydrogen) atoms. The van der Waals surface area contributed by atoms with E-state index in [0.717, 1.165) is 0 Å². The van der Waals surface area contributed by atoms with Crippen LogP contribution in [0.15, 0.2) is 54.6 Å². The molecule has 0 aliphatic rings. The van der Waals surface area contributed by atoms with Gasteiger partial charge in [-0.15, -0.1) is 0 Å². The molecule has 4 heteroatoms. The molecule has 0 atom stereocenters. The predicted molar refractivity (Wildman–Crippen MR) is 69.0 cm³/mol. The van der Waals surface area contributed by atoms with Crippen LogP contribution in [0, 0.1) is 6.92 Å². The molecular formula is C13H15BO3. The SMILES string of the molecule is Cc1ccc(-c2ccccc2)cc1.OB(O)O. The van der Waals surface area contributed by atoms with Crippen molar-refractivity contribution in [1.82, 2.24) is 0 Å². The predicted octanol–water partition coefficient (Wildman–Crippen LogP) is 1.61. The first-order valence-electron chi connectivity index (χ1n) is 5.26. The van der Waals surface area contributed by atoms with E-state index in [-0.39, 0.29) is 0 Å². The van der Waals surface area contributed by atoms with Gasteiger partial charge in [-0.3, -0.25) is 0 Å². The van der Waals surface area contributed by atoms with E-state index in [4.69, 9.17) is 15.1 Å². The highest BCUT2D eigenvalue weighted by Gasteiger charge is 1.94. The molecule has 0 aromatic heterocycles. The van der Waals surface area contributed by atoms with Gasteiger partial charge in [0, 0.05) is 0 Å². The summed E-state index contributed by atoms with van der Waals surface area (Å²) >= 11 is 0. The Bertz CT molecular complexity index is 423. The average Bonchev–Trinajstić information content (AvgIpc) is 2.30. The molecule has 0 saturated heterocycles. The van der Waals surface area contributed by atoms with Gasteiger partial charge >= 0.3 is 7.32 Å². The first-order chi connectivity index (χ1) is 8.09. The van der Waals surface area contributed by atoms with Crippen LogP contribution in [0.1, 0.15) is 5.56 Å². The number of hydrogen-bond donors (Lipinski definition) is 3. The highest BCUT2D eigenvalue weighted by molar-refractivity contribution is 6.30. The molecule has 3 N–H and O–H groups in total. The van der Waals surface area contributed by atoms with Crippen molar-refractivity contribution in [3.05, 3.63) is 60.2 Å². The lowest BCUT2D eigenvalue weighted by Gasteiger charge is -2.00. The number of rotatable bonds is 1. The van der Waals surface area contributed by atoms with E-state index in [2.05, 4.69) is 55.5 Å². The van der Waals surface area contributed by atoms with Gasteiger partial charge in [0.25, 0.3) is 0 Å². The Balaban J connectivity index is 0.000000317. The molecule has 2 aromatic carbocycles. The topological polar surface area (TPSA) is 60.7 Å². The Kier molecular flexibility index (Phi) is 5.43. The summed E-state index contributed by atoms with van der Waals surface area (Å²) in [5.41, 5.74) is 3.87. The summed E-state index contributed by atoms with van der Waals surface area (Å²) in [6.45, 7) is 2.11. The Morgan fingerprint density at radius 3 is 1.59 bits per heavy atom. The summed E-state index contributed by atoms with van der Waals surface area (Å²) in [6, 6.07) is 19.0. The molecule has 3 nitrogen and oxygen atoms in total. The van der Waals surface area contributed by atoms with E-state index in [9.17, 15) is 0 Å². The van der Waals surface area contributed by atoms with Crippen molar-refractivity contribution in [1.29, 1.82) is 0 Å². The van der Waals surface area contributed by atoms with Crippen molar-refractivity contribution in [2.75, 3.05) is 0 Å². The normalized spacial score (nSPS) is 9.18. The smallest absolute Gasteiger partial charge is 0.402 e. The summed E-state index contributed by atoms with van der Waals surface area (Å²) in [5, 5.41) is 21.5. The molecule has 88 valence electrons. The molecule has 0 saturated carbocycles. The van der Waals surface area contributed by atoms with Crippen molar-refractivity contribution in [3.8, 4) is 11.1 Å². The molecule has 0 spiro atoms. The molecule has 0 unspecified atom stereocenters. The summed E-state index contributed by atoms with van der Waals surface area (Å²) < 4.78 is 0. The molecule has 0 heterocycles. The van der Waals surface area contributed by atoms with E-state index in [1.54, 1.807) is 0 Å². The number of aryl methyl sites for hydroxylation is 1. The van der Waals surface area contributed by atoms with Gasteiger partial charge in [-0.05, 0) is 18.1 Å². The highest BCUT2D eigenvalue weighted by atomic mass is 16.5. The fraction of sp³-hybridized carbons (Fsp3) is 0.0769. The second kappa shape index (κ2) is 6.86. The zero-order valence-corrected chi connectivity index (χ0v) is 9.62. The minimum absolute atomic E-state index is 1.28. The molecular weight excluding hydrogens is 215 g/mol. The van der Waals surface area contributed by atoms with Gasteiger partial charge in [0.15, 0.2) is 0 Å². The van der Waals surface area contributed by atoms with E-state index < -0.39 is 7.32 Å². The summed E-state index contributed by atoms with van der Waals surface area (Å²) in [6.07, 6.45) is 0. The van der Waals surface area contributed by atoms with Gasteiger partial charge < -0.3 is 15.1 Å². The Hall–Kier alpha value is -1.62. The number of hydrogen-bond acceptors (Lipinski definition) is 3. The monoisotopic (exact) mass is 230 g/mol. The lowest BCUT2D eigenvalue weighted by molar-refractivity contribution is 0.278. The maximum absolute atomic E-state index is 7.17. The second-order valence-electron chi connectivity index (χ2n) is 3.58. The third-order valence-electron chi connectivity index (χ3n) is 2.16. The van der Waals surface area contributed by atoms with Gasteiger partial charge in [-0.2, -0.15) is 0 Å². The Labute approximate surface area is 101 Å². The standard InChI is InChI=1S/C13H12.BH3O3/c1-11-7-9-13(10-8-11)12-5-3-2-4-6-12;2-1(3)4/h2-10H,1H3;2-4H. The summed E-state index contributed by atoms with van der Waals surface area (Å²) in [5.74, 6) is 0. The quantitative estimate of drug-likeness (QED) is 0.652. The van der Waals surface area contributed by atoms with E-state index in [1.165, 1.54) is 16.7 Å². The maximum atomic E-state index is 7.17. The van der Waals surface area contributed by atoms with Crippen molar-refractivity contribution >= 4 is 7.32 Å². The summed E-state index contributed by atoms with van der Waals surface area (Å²) in [7, 11) is -2.17. The van der Waals surface area contributed by atoms with Gasteiger partial charge in [0.2, 0.25) is 0 Å². The molecule has 0 bridgehead atoms. The van der Waals surface area contributed by atoms with Crippen molar-refractivity contribution < 1.29 is 15.1 Å². The zero-order valence-electron chi connectivity index (χ0n) is 9.62. The fourth-order valence-electron chi connectivity index (χ4n) is 1.38. The van der Waals surface area contributed by atoms with E-state index in [1.807, 2.05) is 6.07 Å². The molecule has 0 radical (unpaired) electrons. The van der Waals surface area contributed by atoms with Crippen LogP contribution in [0.25, 0.3) is 11.1 Å². The van der Waals surface area contributed by atoms with E-state index >= 15 is 0 Å². The fourth-order valence-corrected chi connectivity index (χ4v) is 1.38. The summed E-state index contributed by atoms with van der Waals surface area (Å²) in [4.78, 5) is 0. The largest absolute Gasteiger partial charge is 0.631 e. The minimum Gasteiger partial charge on any atom is -0.402 e. The third-order valence-corrected chi connectivity index (χ3v) is 2.16. The van der Waals surface area contributed by atoms with Crippen LogP contribution < -0.4 is 0 Å². The highest BCUT2D eigenvalue weighted by Crippen LogP contribution is 2.18. The Morgan fingerprint density at radius 2 is 1.12 bits per heavy atom. The first-order valence-corrected chi connectivity index (χ1v) is 5.26. The van der Waals surface area contributed by atoms with Crippen LogP contribution in [0.2, 0.25) is 0 Å². The molecule has 0 aliphatic heterocycles. The molecule has 0 aliphatic carbocycles. The average molecular weight is 230 g/mol. The van der Waals surface area contributed by atoms with Gasteiger partial charge in [-0.1, -0.05) is 60.2 Å². The van der Waals surface area contributed by atoms with Crippen molar-refractivity contribution in [2.45, 2.75) is 6.92 Å². The molecule has 0 amide bonds. The minimum atomic E-state index is -2.17. The van der Waals surface area contributed by atoms with Crippen LogP contribution in [0.4, 0.5) is 0 Å². The lowest BCUT2D eigenvalue weighted by Crippen LogP contribution is -2.07. The van der Waals surface area contributed by atoms with Crippen LogP contribution in [-0.4, -0.2) is 22.4 Å². The van der Waals surface area contributed by atoms with Crippen LogP contribution in [0.3, 0.4) is 0 Å². The zero-order chi connectivity index (χ0) is 12.7. The third kappa shape index (κ3) is 5.31. The van der Waals surface area contributed by atoms with Crippen LogP contribution in [0.5, 0.6) is 0 Å². The van der Waals surface area contributed by atoms with E-state index in [0.29, 0.717) is 0 Å². The van der Waals surface area contributed by atoms with Crippen LogP contribution >= 0.6 is 0 Å². The van der Waals surface area contributed by atoms with Gasteiger partial charge in [-0.25, -0.2) is 0 Å². The van der Waals surface area contributed by atoms with Crippen molar-refractivity contribution in [3.63, 3.8) is 0 Å². The molecule has 2 aromatic rings. The maximum Gasteiger partial charge on any atom is 0.631 e. The van der Waals surface area contributed by atoms with Crippen molar-refractivity contribution in [2.24, 2.45) is 0 Å². The van der Waals surface area contributed by atoms with Gasteiger partial charge in [0.1, 0.15) is 0 Å². The molecule has 2 rings (SSSR count). The number of benzene rings is 2. The molecule has 0 fully saturated rings. The lowest BCUT2D eigenvalue weighted by atomic mass is 10.0. The second-order valence-corrected chi connectivity index (χ2v) is 3.58. The van der Waals surface area contributed by atoms with Gasteiger partial charge in [0.05, 0.1) is 0 Å². The first kappa shape index (κ1) is 13.4.